The van der Waals surface area contributed by atoms with Crippen LogP contribution in [0.1, 0.15) is 30.5 Å². The summed E-state index contributed by atoms with van der Waals surface area (Å²) in [6, 6.07) is 6.54. The average molecular weight is 263 g/mol. The molecule has 0 radical (unpaired) electrons. The Hall–Kier alpha value is -0.900. The minimum Gasteiger partial charge on any atom is -0.374 e. The molecule has 0 amide bonds. The Morgan fingerprint density at radius 2 is 1.95 bits per heavy atom. The predicted molar refractivity (Wildman–Crippen MR) is 77.4 cm³/mol. The van der Waals surface area contributed by atoms with E-state index in [2.05, 4.69) is 51.2 Å². The number of rotatable bonds is 4. The van der Waals surface area contributed by atoms with Gasteiger partial charge in [0.15, 0.2) is 0 Å². The molecule has 1 atom stereocenters. The van der Waals surface area contributed by atoms with Crippen molar-refractivity contribution in [1.82, 2.24) is 5.32 Å². The van der Waals surface area contributed by atoms with Crippen LogP contribution in [0.2, 0.25) is 0 Å². The molecule has 1 aromatic carbocycles. The minimum atomic E-state index is -0.0911. The van der Waals surface area contributed by atoms with Gasteiger partial charge in [0, 0.05) is 13.1 Å². The molecule has 19 heavy (non-hydrogen) atoms. The van der Waals surface area contributed by atoms with Crippen molar-refractivity contribution in [2.24, 2.45) is 0 Å². The highest BCUT2D eigenvalue weighted by Crippen LogP contribution is 2.16. The van der Waals surface area contributed by atoms with E-state index in [1.165, 1.54) is 16.7 Å². The third kappa shape index (κ3) is 4.60. The maximum atomic E-state index is 5.97. The summed E-state index contributed by atoms with van der Waals surface area (Å²) in [6.45, 7) is 11.5. The molecule has 1 heterocycles. The lowest BCUT2D eigenvalue weighted by Crippen LogP contribution is -2.51. The average Bonchev–Trinajstić information content (AvgIpc) is 2.26. The number of hydrogen-bond acceptors (Lipinski definition) is 3. The van der Waals surface area contributed by atoms with E-state index in [9.17, 15) is 0 Å². The van der Waals surface area contributed by atoms with E-state index in [1.807, 2.05) is 0 Å². The Bertz CT molecular complexity index is 409. The van der Waals surface area contributed by atoms with Crippen molar-refractivity contribution in [1.29, 1.82) is 0 Å². The van der Waals surface area contributed by atoms with Crippen LogP contribution in [0.15, 0.2) is 18.2 Å². The molecule has 1 aliphatic rings. The van der Waals surface area contributed by atoms with Gasteiger partial charge in [-0.3, -0.25) is 0 Å². The van der Waals surface area contributed by atoms with Crippen LogP contribution >= 0.6 is 0 Å². The molecule has 0 aromatic heterocycles. The normalized spacial score (nSPS) is 22.4. The second-order valence-electron chi connectivity index (χ2n) is 6.14. The van der Waals surface area contributed by atoms with Gasteiger partial charge in [-0.1, -0.05) is 29.3 Å². The molecule has 1 fully saturated rings. The third-order valence-electron chi connectivity index (χ3n) is 3.26. The topological polar surface area (TPSA) is 30.5 Å². The molecule has 106 valence electrons. The smallest absolute Gasteiger partial charge is 0.0940 e. The quantitative estimate of drug-likeness (QED) is 0.905. The summed E-state index contributed by atoms with van der Waals surface area (Å²) in [7, 11) is 0. The van der Waals surface area contributed by atoms with Gasteiger partial charge in [-0.25, -0.2) is 0 Å². The lowest BCUT2D eigenvalue weighted by atomic mass is 10.1. The molecule has 3 heteroatoms. The molecule has 0 spiro atoms. The lowest BCUT2D eigenvalue weighted by Gasteiger charge is -2.36. The largest absolute Gasteiger partial charge is 0.374 e. The summed E-state index contributed by atoms with van der Waals surface area (Å²) in [5, 5.41) is 3.39. The van der Waals surface area contributed by atoms with E-state index in [0.717, 1.165) is 13.1 Å². The Kier molecular flexibility index (Phi) is 4.61. The summed E-state index contributed by atoms with van der Waals surface area (Å²) < 4.78 is 11.8. The predicted octanol–water partition coefficient (Wildman–Crippen LogP) is 2.59. The summed E-state index contributed by atoms with van der Waals surface area (Å²) >= 11 is 0. The van der Waals surface area contributed by atoms with Gasteiger partial charge < -0.3 is 14.8 Å². The van der Waals surface area contributed by atoms with Crippen LogP contribution in [0.4, 0.5) is 0 Å². The summed E-state index contributed by atoms with van der Waals surface area (Å²) in [4.78, 5) is 0. The first-order chi connectivity index (χ1) is 8.94. The summed E-state index contributed by atoms with van der Waals surface area (Å²) in [5.74, 6) is 0. The maximum absolute atomic E-state index is 5.97. The highest BCUT2D eigenvalue weighted by Gasteiger charge is 2.28. The zero-order valence-corrected chi connectivity index (χ0v) is 12.5. The van der Waals surface area contributed by atoms with E-state index in [4.69, 9.17) is 9.47 Å². The van der Waals surface area contributed by atoms with Crippen LogP contribution < -0.4 is 5.32 Å². The first-order valence-corrected chi connectivity index (χ1v) is 6.98. The Labute approximate surface area is 116 Å². The zero-order valence-electron chi connectivity index (χ0n) is 12.5. The molecule has 1 unspecified atom stereocenters. The molecule has 2 rings (SSSR count). The van der Waals surface area contributed by atoms with Crippen molar-refractivity contribution in [2.45, 2.75) is 46.0 Å². The number of hydrogen-bond donors (Lipinski definition) is 1. The van der Waals surface area contributed by atoms with Crippen molar-refractivity contribution in [2.75, 3.05) is 19.7 Å². The molecule has 1 aromatic rings. The van der Waals surface area contributed by atoms with Gasteiger partial charge >= 0.3 is 0 Å². The van der Waals surface area contributed by atoms with Crippen molar-refractivity contribution in [3.63, 3.8) is 0 Å². The lowest BCUT2D eigenvalue weighted by molar-refractivity contribution is -0.122. The molecular weight excluding hydrogens is 238 g/mol. The Morgan fingerprint density at radius 3 is 2.58 bits per heavy atom. The highest BCUT2D eigenvalue weighted by molar-refractivity contribution is 5.27. The first kappa shape index (κ1) is 14.5. The van der Waals surface area contributed by atoms with Crippen LogP contribution in [0, 0.1) is 13.8 Å². The van der Waals surface area contributed by atoms with E-state index in [-0.39, 0.29) is 11.7 Å². The number of morpholine rings is 1. The van der Waals surface area contributed by atoms with Gasteiger partial charge in [-0.15, -0.1) is 0 Å². The van der Waals surface area contributed by atoms with E-state index < -0.39 is 0 Å². The Morgan fingerprint density at radius 1 is 1.26 bits per heavy atom. The van der Waals surface area contributed by atoms with E-state index >= 15 is 0 Å². The monoisotopic (exact) mass is 263 g/mol. The van der Waals surface area contributed by atoms with Gasteiger partial charge in [0.2, 0.25) is 0 Å². The van der Waals surface area contributed by atoms with Gasteiger partial charge in [0.05, 0.1) is 24.9 Å². The molecule has 1 saturated heterocycles. The first-order valence-electron chi connectivity index (χ1n) is 6.98. The van der Waals surface area contributed by atoms with Crippen LogP contribution in [-0.2, 0) is 16.1 Å². The highest BCUT2D eigenvalue weighted by atomic mass is 16.5. The number of aryl methyl sites for hydroxylation is 2. The second-order valence-corrected chi connectivity index (χ2v) is 6.14. The number of benzene rings is 1. The van der Waals surface area contributed by atoms with E-state index in [1.54, 1.807) is 0 Å². The molecule has 3 nitrogen and oxygen atoms in total. The van der Waals surface area contributed by atoms with Crippen molar-refractivity contribution < 1.29 is 9.47 Å². The molecule has 0 bridgehead atoms. The van der Waals surface area contributed by atoms with Gasteiger partial charge in [-0.05, 0) is 33.3 Å². The standard InChI is InChI=1S/C16H25NO2/c1-12-5-13(2)7-14(6-12)9-18-10-15-8-17-11-16(3,4)19-15/h5-7,15,17H,8-11H2,1-4H3. The van der Waals surface area contributed by atoms with Gasteiger partial charge in [-0.2, -0.15) is 0 Å². The minimum absolute atomic E-state index is 0.0911. The molecule has 0 aliphatic carbocycles. The molecule has 0 saturated carbocycles. The van der Waals surface area contributed by atoms with Gasteiger partial charge in [0.25, 0.3) is 0 Å². The fourth-order valence-electron chi connectivity index (χ4n) is 2.62. The van der Waals surface area contributed by atoms with Crippen molar-refractivity contribution in [3.05, 3.63) is 34.9 Å². The van der Waals surface area contributed by atoms with Crippen molar-refractivity contribution in [3.8, 4) is 0 Å². The maximum Gasteiger partial charge on any atom is 0.0940 e. The van der Waals surface area contributed by atoms with Crippen LogP contribution in [-0.4, -0.2) is 31.4 Å². The van der Waals surface area contributed by atoms with Crippen LogP contribution in [0.25, 0.3) is 0 Å². The molecular formula is C16H25NO2. The van der Waals surface area contributed by atoms with E-state index in [0.29, 0.717) is 13.2 Å². The SMILES string of the molecule is Cc1cc(C)cc(COCC2CNCC(C)(C)O2)c1. The summed E-state index contributed by atoms with van der Waals surface area (Å²) in [6.07, 6.45) is 0.148. The van der Waals surface area contributed by atoms with Crippen LogP contribution in [0.3, 0.4) is 0 Å². The fraction of sp³-hybridized carbons (Fsp3) is 0.625. The Balaban J connectivity index is 1.80. The summed E-state index contributed by atoms with van der Waals surface area (Å²) in [5.41, 5.74) is 3.72. The third-order valence-corrected chi connectivity index (χ3v) is 3.26. The fourth-order valence-corrected chi connectivity index (χ4v) is 2.62. The zero-order chi connectivity index (χ0) is 13.9. The second kappa shape index (κ2) is 6.04. The van der Waals surface area contributed by atoms with Crippen LogP contribution in [0.5, 0.6) is 0 Å². The number of ether oxygens (including phenoxy) is 2. The van der Waals surface area contributed by atoms with Crippen molar-refractivity contribution >= 4 is 0 Å². The molecule has 1 aliphatic heterocycles. The molecule has 1 N–H and O–H groups in total. The van der Waals surface area contributed by atoms with Gasteiger partial charge in [0.1, 0.15) is 0 Å². The number of nitrogens with one attached hydrogen (secondary N) is 1.